The topological polar surface area (TPSA) is 45.1 Å². The molecule has 1 saturated carbocycles. The predicted molar refractivity (Wildman–Crippen MR) is 112 cm³/mol. The van der Waals surface area contributed by atoms with Gasteiger partial charge in [-0.05, 0) is 68.0 Å². The maximum absolute atomic E-state index is 9.72. The molecule has 1 aromatic heterocycles. The number of pyridine rings is 1. The van der Waals surface area contributed by atoms with Gasteiger partial charge in [0.1, 0.15) is 0 Å². The lowest BCUT2D eigenvalue weighted by atomic mass is 9.93. The molecule has 0 amide bonds. The Kier molecular flexibility index (Phi) is 5.44. The van der Waals surface area contributed by atoms with Gasteiger partial charge in [-0.3, -0.25) is 0 Å². The lowest BCUT2D eigenvalue weighted by Gasteiger charge is -2.26. The number of rotatable bonds is 4. The molecule has 0 bridgehead atoms. The molecule has 2 N–H and O–H groups in total. The summed E-state index contributed by atoms with van der Waals surface area (Å²) in [5, 5.41) is 15.3. The van der Waals surface area contributed by atoms with Gasteiger partial charge in [0.05, 0.1) is 17.3 Å². The minimum Gasteiger partial charge on any atom is -0.393 e. The summed E-state index contributed by atoms with van der Waals surface area (Å²) in [5.74, 6) is 0. The SMILES string of the molecule is Cc1ccc2cc(CNC3CCC(O)CC3)c(-c3cccc(Cl)c3)nc2c1. The van der Waals surface area contributed by atoms with E-state index in [0.717, 1.165) is 59.4 Å². The Morgan fingerprint density at radius 1 is 1.07 bits per heavy atom. The molecular weight excluding hydrogens is 356 g/mol. The zero-order chi connectivity index (χ0) is 18.8. The predicted octanol–water partition coefficient (Wildman–Crippen LogP) is 5.26. The lowest BCUT2D eigenvalue weighted by molar-refractivity contribution is 0.116. The minimum absolute atomic E-state index is 0.129. The van der Waals surface area contributed by atoms with E-state index < -0.39 is 0 Å². The molecule has 3 nitrogen and oxygen atoms in total. The Hall–Kier alpha value is -1.94. The van der Waals surface area contributed by atoms with E-state index in [9.17, 15) is 5.11 Å². The van der Waals surface area contributed by atoms with Crippen LogP contribution in [-0.2, 0) is 6.54 Å². The fourth-order valence-electron chi connectivity index (χ4n) is 3.88. The molecule has 140 valence electrons. The van der Waals surface area contributed by atoms with Crippen molar-refractivity contribution in [3.8, 4) is 11.3 Å². The van der Waals surface area contributed by atoms with Gasteiger partial charge < -0.3 is 10.4 Å². The molecule has 0 saturated heterocycles. The number of aliphatic hydroxyl groups excluding tert-OH is 1. The van der Waals surface area contributed by atoms with E-state index in [0.29, 0.717) is 6.04 Å². The Bertz CT molecular complexity index is 948. The Morgan fingerprint density at radius 3 is 2.67 bits per heavy atom. The van der Waals surface area contributed by atoms with Crippen LogP contribution >= 0.6 is 11.6 Å². The van der Waals surface area contributed by atoms with Crippen molar-refractivity contribution in [1.82, 2.24) is 10.3 Å². The molecule has 0 unspecified atom stereocenters. The molecule has 1 heterocycles. The third-order valence-corrected chi connectivity index (χ3v) is 5.66. The number of hydrogen-bond acceptors (Lipinski definition) is 3. The molecule has 1 aliphatic carbocycles. The van der Waals surface area contributed by atoms with Gasteiger partial charge >= 0.3 is 0 Å². The third kappa shape index (κ3) is 4.32. The van der Waals surface area contributed by atoms with Crippen molar-refractivity contribution in [2.24, 2.45) is 0 Å². The fraction of sp³-hybridized carbons (Fsp3) is 0.348. The van der Waals surface area contributed by atoms with Crippen LogP contribution in [0.4, 0.5) is 0 Å². The van der Waals surface area contributed by atoms with Crippen molar-refractivity contribution in [2.75, 3.05) is 0 Å². The molecule has 27 heavy (non-hydrogen) atoms. The smallest absolute Gasteiger partial charge is 0.0755 e. The second-order valence-corrected chi connectivity index (χ2v) is 8.03. The van der Waals surface area contributed by atoms with Gasteiger partial charge in [0.25, 0.3) is 0 Å². The third-order valence-electron chi connectivity index (χ3n) is 5.43. The summed E-state index contributed by atoms with van der Waals surface area (Å²) in [4.78, 5) is 4.98. The van der Waals surface area contributed by atoms with Gasteiger partial charge in [0.15, 0.2) is 0 Å². The van der Waals surface area contributed by atoms with Gasteiger partial charge in [-0.2, -0.15) is 0 Å². The summed E-state index contributed by atoms with van der Waals surface area (Å²) in [6.07, 6.45) is 3.68. The Balaban J connectivity index is 1.68. The van der Waals surface area contributed by atoms with Crippen molar-refractivity contribution >= 4 is 22.5 Å². The van der Waals surface area contributed by atoms with Crippen LogP contribution in [0.2, 0.25) is 5.02 Å². The number of hydrogen-bond donors (Lipinski definition) is 2. The number of aliphatic hydroxyl groups is 1. The van der Waals surface area contributed by atoms with Crippen molar-refractivity contribution in [1.29, 1.82) is 0 Å². The maximum Gasteiger partial charge on any atom is 0.0755 e. The van der Waals surface area contributed by atoms with Crippen LogP contribution in [0.1, 0.15) is 36.8 Å². The molecule has 3 aromatic rings. The number of benzene rings is 2. The van der Waals surface area contributed by atoms with Crippen LogP contribution in [-0.4, -0.2) is 22.2 Å². The molecule has 1 fully saturated rings. The molecule has 4 rings (SSSR count). The van der Waals surface area contributed by atoms with Crippen molar-refractivity contribution in [3.05, 3.63) is 64.7 Å². The first kappa shape index (κ1) is 18.4. The van der Waals surface area contributed by atoms with Gasteiger partial charge in [0.2, 0.25) is 0 Å². The van der Waals surface area contributed by atoms with Crippen LogP contribution in [0.15, 0.2) is 48.5 Å². The van der Waals surface area contributed by atoms with E-state index in [1.165, 1.54) is 11.1 Å². The fourth-order valence-corrected chi connectivity index (χ4v) is 4.07. The first-order valence-corrected chi connectivity index (χ1v) is 10.0. The summed E-state index contributed by atoms with van der Waals surface area (Å²) in [6.45, 7) is 2.85. The number of aryl methyl sites for hydroxylation is 1. The first-order chi connectivity index (χ1) is 13.1. The van der Waals surface area contributed by atoms with Crippen LogP contribution in [0.3, 0.4) is 0 Å². The largest absolute Gasteiger partial charge is 0.393 e. The molecule has 4 heteroatoms. The summed E-state index contributed by atoms with van der Waals surface area (Å²) >= 11 is 6.24. The average molecular weight is 381 g/mol. The number of halogens is 1. The average Bonchev–Trinajstić information content (AvgIpc) is 2.67. The molecule has 1 aliphatic rings. The van der Waals surface area contributed by atoms with Gasteiger partial charge in [-0.1, -0.05) is 35.9 Å². The zero-order valence-corrected chi connectivity index (χ0v) is 16.3. The van der Waals surface area contributed by atoms with Crippen molar-refractivity contribution < 1.29 is 5.11 Å². The highest BCUT2D eigenvalue weighted by atomic mass is 35.5. The number of aromatic nitrogens is 1. The summed E-state index contributed by atoms with van der Waals surface area (Å²) in [6, 6.07) is 17.0. The normalized spacial score (nSPS) is 20.1. The van der Waals surface area contributed by atoms with Crippen LogP contribution < -0.4 is 5.32 Å². The van der Waals surface area contributed by atoms with E-state index in [2.05, 4.69) is 42.6 Å². The van der Waals surface area contributed by atoms with E-state index in [1.54, 1.807) is 0 Å². The summed E-state index contributed by atoms with van der Waals surface area (Å²) in [5.41, 5.74) is 5.42. The molecule has 0 spiro atoms. The van der Waals surface area contributed by atoms with Crippen molar-refractivity contribution in [3.63, 3.8) is 0 Å². The van der Waals surface area contributed by atoms with Gasteiger partial charge in [-0.25, -0.2) is 4.98 Å². The quantitative estimate of drug-likeness (QED) is 0.649. The standard InChI is InChI=1S/C23H25ClN2O/c1-15-5-6-16-12-18(14-25-20-7-9-21(27)10-8-20)23(26-22(16)11-15)17-3-2-4-19(24)13-17/h2-6,11-13,20-21,25,27H,7-10,14H2,1H3. The minimum atomic E-state index is -0.129. The van der Waals surface area contributed by atoms with E-state index in [4.69, 9.17) is 16.6 Å². The van der Waals surface area contributed by atoms with E-state index in [-0.39, 0.29) is 6.10 Å². The second kappa shape index (κ2) is 7.97. The molecule has 0 radical (unpaired) electrons. The maximum atomic E-state index is 9.72. The lowest BCUT2D eigenvalue weighted by Crippen LogP contribution is -2.34. The van der Waals surface area contributed by atoms with Crippen LogP contribution in [0.25, 0.3) is 22.2 Å². The Morgan fingerprint density at radius 2 is 1.89 bits per heavy atom. The highest BCUT2D eigenvalue weighted by molar-refractivity contribution is 6.30. The van der Waals surface area contributed by atoms with Gasteiger partial charge in [-0.15, -0.1) is 0 Å². The van der Waals surface area contributed by atoms with Crippen LogP contribution in [0, 0.1) is 6.92 Å². The molecule has 0 aliphatic heterocycles. The zero-order valence-electron chi connectivity index (χ0n) is 15.6. The number of nitrogens with one attached hydrogen (secondary N) is 1. The van der Waals surface area contributed by atoms with Gasteiger partial charge in [0, 0.05) is 28.6 Å². The van der Waals surface area contributed by atoms with Crippen LogP contribution in [0.5, 0.6) is 0 Å². The molecular formula is C23H25ClN2O. The van der Waals surface area contributed by atoms with Crippen molar-refractivity contribution in [2.45, 2.75) is 51.3 Å². The molecule has 2 aromatic carbocycles. The second-order valence-electron chi connectivity index (χ2n) is 7.59. The number of fused-ring (bicyclic) bond motifs is 1. The highest BCUT2D eigenvalue weighted by Crippen LogP contribution is 2.28. The summed E-state index contributed by atoms with van der Waals surface area (Å²) in [7, 11) is 0. The number of nitrogens with zero attached hydrogens (tertiary/aromatic N) is 1. The highest BCUT2D eigenvalue weighted by Gasteiger charge is 2.19. The Labute approximate surface area is 165 Å². The molecule has 0 atom stereocenters. The first-order valence-electron chi connectivity index (χ1n) is 9.66. The summed E-state index contributed by atoms with van der Waals surface area (Å²) < 4.78 is 0. The monoisotopic (exact) mass is 380 g/mol. The van der Waals surface area contributed by atoms with E-state index in [1.807, 2.05) is 18.2 Å². The van der Waals surface area contributed by atoms with E-state index >= 15 is 0 Å².